The molecule has 37 heavy (non-hydrogen) atoms. The molecule has 1 aromatic heterocycles. The standard InChI is InChI=1S/C29H28Cl2FN3O2/c1-4-33-18-35(2)17-29(36,20-7-10-22(30)11-8-20)21-9-14-26-24(16-21)27(31)25(28(34-26)37-3)15-19-5-12-23(32)13-6-19/h5-14,16,18,36H,4,15,17H2,1-3H3/b33-18-. The summed E-state index contributed by atoms with van der Waals surface area (Å²) in [5.41, 5.74) is 2.11. The number of hydrogen-bond acceptors (Lipinski definition) is 4. The number of halogens is 3. The van der Waals surface area contributed by atoms with Crippen molar-refractivity contribution in [1.29, 1.82) is 0 Å². The van der Waals surface area contributed by atoms with Gasteiger partial charge >= 0.3 is 0 Å². The number of likely N-dealkylation sites (N-methyl/N-ethyl adjacent to an activating group) is 1. The first-order valence-electron chi connectivity index (χ1n) is 11.8. The molecule has 0 radical (unpaired) electrons. The van der Waals surface area contributed by atoms with E-state index in [1.165, 1.54) is 12.1 Å². The van der Waals surface area contributed by atoms with Crippen LogP contribution in [-0.4, -0.2) is 48.6 Å². The summed E-state index contributed by atoms with van der Waals surface area (Å²) in [4.78, 5) is 10.8. The van der Waals surface area contributed by atoms with Crippen molar-refractivity contribution in [3.63, 3.8) is 0 Å². The van der Waals surface area contributed by atoms with E-state index in [0.717, 1.165) is 5.56 Å². The normalized spacial score (nSPS) is 13.2. The molecule has 1 atom stereocenters. The van der Waals surface area contributed by atoms with Gasteiger partial charge < -0.3 is 14.7 Å². The second-order valence-corrected chi connectivity index (χ2v) is 9.66. The van der Waals surface area contributed by atoms with Crippen LogP contribution in [0.15, 0.2) is 71.7 Å². The van der Waals surface area contributed by atoms with E-state index in [0.29, 0.717) is 56.5 Å². The van der Waals surface area contributed by atoms with E-state index in [1.54, 1.807) is 37.7 Å². The van der Waals surface area contributed by atoms with E-state index in [1.807, 2.05) is 49.2 Å². The van der Waals surface area contributed by atoms with Gasteiger partial charge in [0.1, 0.15) is 11.4 Å². The first-order chi connectivity index (χ1) is 17.7. The van der Waals surface area contributed by atoms with Gasteiger partial charge in [0.05, 0.1) is 30.5 Å². The Morgan fingerprint density at radius 1 is 1.05 bits per heavy atom. The number of aliphatic imine (C=N–C) groups is 1. The number of benzene rings is 3. The lowest BCUT2D eigenvalue weighted by molar-refractivity contribution is 0.0623. The number of methoxy groups -OCH3 is 1. The summed E-state index contributed by atoms with van der Waals surface area (Å²) >= 11 is 13.1. The molecule has 0 aliphatic rings. The Kier molecular flexibility index (Phi) is 8.32. The van der Waals surface area contributed by atoms with E-state index in [9.17, 15) is 9.50 Å². The maximum absolute atomic E-state index is 13.4. The molecule has 1 N–H and O–H groups in total. The molecule has 3 aromatic carbocycles. The Hall–Kier alpha value is -3.19. The van der Waals surface area contributed by atoms with Crippen LogP contribution in [-0.2, 0) is 12.0 Å². The zero-order valence-corrected chi connectivity index (χ0v) is 22.4. The van der Waals surface area contributed by atoms with Gasteiger partial charge in [-0.1, -0.05) is 53.5 Å². The highest BCUT2D eigenvalue weighted by Gasteiger charge is 2.33. The van der Waals surface area contributed by atoms with Crippen LogP contribution < -0.4 is 4.74 Å². The lowest BCUT2D eigenvalue weighted by atomic mass is 9.85. The van der Waals surface area contributed by atoms with Gasteiger partial charge in [-0.05, 0) is 60.0 Å². The topological polar surface area (TPSA) is 58.0 Å². The van der Waals surface area contributed by atoms with Crippen molar-refractivity contribution in [3.05, 3.63) is 105 Å². The molecule has 8 heteroatoms. The summed E-state index contributed by atoms with van der Waals surface area (Å²) in [6.07, 6.45) is 2.12. The number of fused-ring (bicyclic) bond motifs is 1. The Balaban J connectivity index is 1.85. The van der Waals surface area contributed by atoms with Crippen LogP contribution in [0.5, 0.6) is 5.88 Å². The van der Waals surface area contributed by atoms with Gasteiger partial charge in [0, 0.05) is 36.0 Å². The van der Waals surface area contributed by atoms with Crippen molar-refractivity contribution in [1.82, 2.24) is 9.88 Å². The molecule has 192 valence electrons. The fraction of sp³-hybridized carbons (Fsp3) is 0.241. The molecule has 5 nitrogen and oxygen atoms in total. The van der Waals surface area contributed by atoms with E-state index < -0.39 is 5.60 Å². The molecule has 0 fully saturated rings. The SMILES string of the molecule is CC/N=C\N(C)CC(O)(c1ccc(Cl)cc1)c1ccc2nc(OC)c(Cc3ccc(F)cc3)c(Cl)c2c1. The minimum atomic E-state index is -1.40. The van der Waals surface area contributed by atoms with Gasteiger partial charge in [0.15, 0.2) is 0 Å². The fourth-order valence-corrected chi connectivity index (χ4v) is 4.75. The van der Waals surface area contributed by atoms with Gasteiger partial charge in [-0.25, -0.2) is 9.37 Å². The van der Waals surface area contributed by atoms with E-state index in [-0.39, 0.29) is 12.4 Å². The molecule has 4 rings (SSSR count). The molecular formula is C29H28Cl2FN3O2. The first-order valence-corrected chi connectivity index (χ1v) is 12.6. The molecule has 0 bridgehead atoms. The highest BCUT2D eigenvalue weighted by Crippen LogP contribution is 2.38. The summed E-state index contributed by atoms with van der Waals surface area (Å²) < 4.78 is 19.0. The van der Waals surface area contributed by atoms with Crippen molar-refractivity contribution < 1.29 is 14.2 Å². The quantitative estimate of drug-likeness (QED) is 0.195. The minimum Gasteiger partial charge on any atom is -0.481 e. The second kappa shape index (κ2) is 11.5. The Morgan fingerprint density at radius 2 is 1.73 bits per heavy atom. The number of nitrogens with zero attached hydrogens (tertiary/aromatic N) is 3. The molecule has 1 unspecified atom stereocenters. The van der Waals surface area contributed by atoms with Crippen LogP contribution in [0.3, 0.4) is 0 Å². The van der Waals surface area contributed by atoms with Crippen LogP contribution >= 0.6 is 23.2 Å². The number of rotatable bonds is 9. The van der Waals surface area contributed by atoms with Crippen LogP contribution in [0.4, 0.5) is 4.39 Å². The summed E-state index contributed by atoms with van der Waals surface area (Å²) in [6, 6.07) is 18.9. The molecule has 0 aliphatic carbocycles. The number of ether oxygens (including phenoxy) is 1. The zero-order chi connectivity index (χ0) is 26.6. The highest BCUT2D eigenvalue weighted by atomic mass is 35.5. The predicted octanol–water partition coefficient (Wildman–Crippen LogP) is 6.50. The van der Waals surface area contributed by atoms with Crippen molar-refractivity contribution in [3.8, 4) is 5.88 Å². The number of pyridine rings is 1. The molecule has 0 saturated heterocycles. The van der Waals surface area contributed by atoms with Crippen molar-refractivity contribution in [2.75, 3.05) is 27.2 Å². The van der Waals surface area contributed by atoms with Crippen molar-refractivity contribution in [2.24, 2.45) is 4.99 Å². The van der Waals surface area contributed by atoms with Crippen molar-refractivity contribution >= 4 is 40.4 Å². The summed E-state index contributed by atoms with van der Waals surface area (Å²) in [5, 5.41) is 13.8. The Morgan fingerprint density at radius 3 is 2.38 bits per heavy atom. The third kappa shape index (κ3) is 5.87. The van der Waals surface area contributed by atoms with Gasteiger partial charge in [-0.2, -0.15) is 0 Å². The third-order valence-corrected chi connectivity index (χ3v) is 6.89. The van der Waals surface area contributed by atoms with Gasteiger partial charge in [0.25, 0.3) is 0 Å². The maximum Gasteiger partial charge on any atom is 0.218 e. The lowest BCUT2D eigenvalue weighted by Gasteiger charge is -2.33. The second-order valence-electron chi connectivity index (χ2n) is 8.85. The number of hydrogen-bond donors (Lipinski definition) is 1. The molecule has 0 saturated carbocycles. The molecular weight excluding hydrogens is 512 g/mol. The lowest BCUT2D eigenvalue weighted by Crippen LogP contribution is -2.39. The highest BCUT2D eigenvalue weighted by molar-refractivity contribution is 6.36. The van der Waals surface area contributed by atoms with Crippen LogP contribution in [0.25, 0.3) is 10.9 Å². The predicted molar refractivity (Wildman–Crippen MR) is 149 cm³/mol. The average molecular weight is 540 g/mol. The van der Waals surface area contributed by atoms with Crippen LogP contribution in [0, 0.1) is 5.82 Å². The maximum atomic E-state index is 13.4. The summed E-state index contributed by atoms with van der Waals surface area (Å²) in [7, 11) is 3.40. The minimum absolute atomic E-state index is 0.243. The van der Waals surface area contributed by atoms with Crippen LogP contribution in [0.1, 0.15) is 29.2 Å². The number of aliphatic hydroxyl groups is 1. The third-order valence-electron chi connectivity index (χ3n) is 6.20. The average Bonchev–Trinajstić information content (AvgIpc) is 2.90. The molecule has 1 heterocycles. The monoisotopic (exact) mass is 539 g/mol. The number of aromatic nitrogens is 1. The van der Waals surface area contributed by atoms with E-state index in [2.05, 4.69) is 9.98 Å². The molecule has 0 spiro atoms. The molecule has 0 amide bonds. The largest absolute Gasteiger partial charge is 0.481 e. The van der Waals surface area contributed by atoms with E-state index in [4.69, 9.17) is 27.9 Å². The van der Waals surface area contributed by atoms with Crippen LogP contribution in [0.2, 0.25) is 10.0 Å². The summed E-state index contributed by atoms with van der Waals surface area (Å²) in [6.45, 7) is 2.83. The first kappa shape index (κ1) is 26.9. The van der Waals surface area contributed by atoms with E-state index >= 15 is 0 Å². The van der Waals surface area contributed by atoms with Gasteiger partial charge in [-0.3, -0.25) is 4.99 Å². The van der Waals surface area contributed by atoms with Gasteiger partial charge in [0.2, 0.25) is 5.88 Å². The van der Waals surface area contributed by atoms with Crippen molar-refractivity contribution in [2.45, 2.75) is 18.9 Å². The van der Waals surface area contributed by atoms with Gasteiger partial charge in [-0.15, -0.1) is 0 Å². The molecule has 4 aromatic rings. The Bertz CT molecular complexity index is 1410. The summed E-state index contributed by atoms with van der Waals surface area (Å²) in [5.74, 6) is 0.0940. The smallest absolute Gasteiger partial charge is 0.218 e. The Labute approximate surface area is 226 Å². The zero-order valence-electron chi connectivity index (χ0n) is 20.9. The molecule has 0 aliphatic heterocycles. The fourth-order valence-electron chi connectivity index (χ4n) is 4.33.